The van der Waals surface area contributed by atoms with Gasteiger partial charge in [0.1, 0.15) is 5.25 Å². The van der Waals surface area contributed by atoms with Gasteiger partial charge in [0.2, 0.25) is 11.8 Å². The standard InChI is InChI=1S/C14H14BrN3O2S/c15-8-1-3-9(4-2-8)16-12(19)7-11-13(20)18-14(21-11)17-10-5-6-10/h1-4,10-11H,5-7H2,(H,16,19)(H,17,18,20)/t11-/m0/s1. The van der Waals surface area contributed by atoms with Gasteiger partial charge in [0.15, 0.2) is 5.17 Å². The Hall–Kier alpha value is -1.34. The lowest BCUT2D eigenvalue weighted by Gasteiger charge is -2.07. The van der Waals surface area contributed by atoms with Crippen molar-refractivity contribution in [2.45, 2.75) is 30.6 Å². The molecule has 1 atom stereocenters. The molecule has 1 aromatic rings. The summed E-state index contributed by atoms with van der Waals surface area (Å²) in [6.07, 6.45) is 2.33. The number of aliphatic imine (C=N–C) groups is 1. The molecule has 0 spiro atoms. The lowest BCUT2D eigenvalue weighted by atomic mass is 10.2. The Labute approximate surface area is 135 Å². The van der Waals surface area contributed by atoms with Crippen LogP contribution in [0.15, 0.2) is 33.7 Å². The maximum atomic E-state index is 12.0. The summed E-state index contributed by atoms with van der Waals surface area (Å²) in [7, 11) is 0. The van der Waals surface area contributed by atoms with Gasteiger partial charge >= 0.3 is 0 Å². The van der Waals surface area contributed by atoms with Gasteiger partial charge in [-0.15, -0.1) is 0 Å². The summed E-state index contributed by atoms with van der Waals surface area (Å²) >= 11 is 4.69. The predicted molar refractivity (Wildman–Crippen MR) is 87.4 cm³/mol. The molecule has 1 saturated heterocycles. The molecule has 0 unspecified atom stereocenters. The zero-order valence-electron chi connectivity index (χ0n) is 11.1. The van der Waals surface area contributed by atoms with Gasteiger partial charge in [0, 0.05) is 16.6 Å². The summed E-state index contributed by atoms with van der Waals surface area (Å²) in [4.78, 5) is 28.2. The van der Waals surface area contributed by atoms with Gasteiger partial charge in [-0.1, -0.05) is 27.7 Å². The van der Waals surface area contributed by atoms with Crippen LogP contribution in [0.3, 0.4) is 0 Å². The van der Waals surface area contributed by atoms with E-state index in [1.54, 1.807) is 0 Å². The Morgan fingerprint density at radius 3 is 2.76 bits per heavy atom. The molecule has 1 aromatic carbocycles. The Bertz CT molecular complexity index is 599. The molecule has 0 aromatic heterocycles. The van der Waals surface area contributed by atoms with Gasteiger partial charge in [-0.25, -0.2) is 0 Å². The lowest BCUT2D eigenvalue weighted by Crippen LogP contribution is -2.28. The molecule has 5 nitrogen and oxygen atoms in total. The molecule has 0 radical (unpaired) electrons. The van der Waals surface area contributed by atoms with Gasteiger partial charge < -0.3 is 10.6 Å². The van der Waals surface area contributed by atoms with Crippen LogP contribution in [0.5, 0.6) is 0 Å². The van der Waals surface area contributed by atoms with E-state index in [0.29, 0.717) is 11.2 Å². The lowest BCUT2D eigenvalue weighted by molar-refractivity contribution is -0.122. The van der Waals surface area contributed by atoms with Gasteiger partial charge in [0.25, 0.3) is 0 Å². The van der Waals surface area contributed by atoms with Crippen molar-refractivity contribution in [2.24, 2.45) is 4.99 Å². The average molecular weight is 368 g/mol. The third-order valence-corrected chi connectivity index (χ3v) is 4.75. The summed E-state index contributed by atoms with van der Waals surface area (Å²) in [5.74, 6) is -0.303. The van der Waals surface area contributed by atoms with Crippen molar-refractivity contribution in [1.29, 1.82) is 0 Å². The third kappa shape index (κ3) is 4.07. The number of halogens is 1. The van der Waals surface area contributed by atoms with Crippen molar-refractivity contribution in [1.82, 2.24) is 5.32 Å². The first kappa shape index (κ1) is 14.6. The van der Waals surface area contributed by atoms with E-state index in [-0.39, 0.29) is 18.2 Å². The fourth-order valence-corrected chi connectivity index (χ4v) is 3.19. The predicted octanol–water partition coefficient (Wildman–Crippen LogP) is 2.53. The first-order valence-electron chi connectivity index (χ1n) is 6.71. The SMILES string of the molecule is O=C(C[C@@H]1SC(=NC2CC2)NC1=O)Nc1ccc(Br)cc1. The number of carbonyl (C=O) groups is 2. The van der Waals surface area contributed by atoms with Crippen LogP contribution >= 0.6 is 27.7 Å². The summed E-state index contributed by atoms with van der Waals surface area (Å²) in [5.41, 5.74) is 0.721. The minimum absolute atomic E-state index is 0.134. The quantitative estimate of drug-likeness (QED) is 0.858. The molecule has 2 amide bonds. The molecule has 0 bridgehead atoms. The number of hydrogen-bond donors (Lipinski definition) is 2. The first-order chi connectivity index (χ1) is 10.1. The van der Waals surface area contributed by atoms with Gasteiger partial charge in [0.05, 0.1) is 6.04 Å². The van der Waals surface area contributed by atoms with E-state index < -0.39 is 5.25 Å². The summed E-state index contributed by atoms with van der Waals surface area (Å²) in [5, 5.41) is 5.80. The van der Waals surface area contributed by atoms with Crippen LogP contribution in [-0.4, -0.2) is 28.3 Å². The molecule has 1 aliphatic carbocycles. The maximum absolute atomic E-state index is 12.0. The molecule has 7 heteroatoms. The molecule has 21 heavy (non-hydrogen) atoms. The molecular formula is C14H14BrN3O2S. The number of nitrogens with zero attached hydrogens (tertiary/aromatic N) is 1. The fourth-order valence-electron chi connectivity index (χ4n) is 1.88. The second-order valence-electron chi connectivity index (χ2n) is 5.02. The summed E-state index contributed by atoms with van der Waals surface area (Å²) < 4.78 is 0.951. The third-order valence-electron chi connectivity index (χ3n) is 3.12. The molecule has 1 saturated carbocycles. The molecule has 110 valence electrons. The molecule has 1 heterocycles. The first-order valence-corrected chi connectivity index (χ1v) is 8.38. The van der Waals surface area contributed by atoms with Crippen LogP contribution in [-0.2, 0) is 9.59 Å². The van der Waals surface area contributed by atoms with Gasteiger partial charge in [-0.3, -0.25) is 14.6 Å². The largest absolute Gasteiger partial charge is 0.326 e. The smallest absolute Gasteiger partial charge is 0.240 e. The highest BCUT2D eigenvalue weighted by Crippen LogP contribution is 2.29. The maximum Gasteiger partial charge on any atom is 0.240 e. The Kier molecular flexibility index (Phi) is 4.30. The van der Waals surface area contributed by atoms with E-state index in [1.165, 1.54) is 11.8 Å². The Balaban J connectivity index is 1.54. The Morgan fingerprint density at radius 1 is 1.38 bits per heavy atom. The highest BCUT2D eigenvalue weighted by molar-refractivity contribution is 9.10. The van der Waals surface area contributed by atoms with Crippen LogP contribution in [0, 0.1) is 0 Å². The number of thioether (sulfide) groups is 1. The number of amidine groups is 1. The van der Waals surface area contributed by atoms with E-state index in [0.717, 1.165) is 23.0 Å². The molecular weight excluding hydrogens is 354 g/mol. The molecule has 2 fully saturated rings. The molecule has 2 N–H and O–H groups in total. The number of amides is 2. The van der Waals surface area contributed by atoms with Crippen molar-refractivity contribution in [3.63, 3.8) is 0 Å². The van der Waals surface area contributed by atoms with Crippen molar-refractivity contribution in [2.75, 3.05) is 5.32 Å². The summed E-state index contributed by atoms with van der Waals surface area (Å²) in [6, 6.07) is 7.69. The normalized spacial score (nSPS) is 23.2. The topological polar surface area (TPSA) is 70.6 Å². The van der Waals surface area contributed by atoms with Gasteiger partial charge in [-0.05, 0) is 37.1 Å². The second-order valence-corrected chi connectivity index (χ2v) is 7.13. The van der Waals surface area contributed by atoms with E-state index in [9.17, 15) is 9.59 Å². The fraction of sp³-hybridized carbons (Fsp3) is 0.357. The number of hydrogen-bond acceptors (Lipinski definition) is 4. The minimum Gasteiger partial charge on any atom is -0.326 e. The number of rotatable bonds is 4. The van der Waals surface area contributed by atoms with E-state index >= 15 is 0 Å². The number of benzene rings is 1. The molecule has 3 rings (SSSR count). The van der Waals surface area contributed by atoms with Crippen molar-refractivity contribution >= 4 is 50.4 Å². The van der Waals surface area contributed by atoms with E-state index in [2.05, 4.69) is 31.6 Å². The molecule has 1 aliphatic heterocycles. The minimum atomic E-state index is -0.391. The molecule has 2 aliphatic rings. The average Bonchev–Trinajstić information content (AvgIpc) is 3.18. The van der Waals surface area contributed by atoms with Crippen LogP contribution in [0.1, 0.15) is 19.3 Å². The highest BCUT2D eigenvalue weighted by Gasteiger charge is 2.33. The van der Waals surface area contributed by atoms with Crippen molar-refractivity contribution < 1.29 is 9.59 Å². The van der Waals surface area contributed by atoms with Gasteiger partial charge in [-0.2, -0.15) is 0 Å². The van der Waals surface area contributed by atoms with E-state index in [4.69, 9.17) is 0 Å². The monoisotopic (exact) mass is 367 g/mol. The van der Waals surface area contributed by atoms with Crippen molar-refractivity contribution in [3.05, 3.63) is 28.7 Å². The number of anilines is 1. The van der Waals surface area contributed by atoms with Crippen LogP contribution in [0.4, 0.5) is 5.69 Å². The Morgan fingerprint density at radius 2 is 2.10 bits per heavy atom. The second kappa shape index (κ2) is 6.19. The van der Waals surface area contributed by atoms with Crippen molar-refractivity contribution in [3.8, 4) is 0 Å². The van der Waals surface area contributed by atoms with E-state index in [1.807, 2.05) is 24.3 Å². The summed E-state index contributed by atoms with van der Waals surface area (Å²) in [6.45, 7) is 0. The zero-order valence-corrected chi connectivity index (χ0v) is 13.5. The van der Waals surface area contributed by atoms with Crippen LogP contribution < -0.4 is 10.6 Å². The zero-order chi connectivity index (χ0) is 14.8. The number of nitrogens with one attached hydrogen (secondary N) is 2. The highest BCUT2D eigenvalue weighted by atomic mass is 79.9. The van der Waals surface area contributed by atoms with Crippen LogP contribution in [0.2, 0.25) is 0 Å². The van der Waals surface area contributed by atoms with Crippen LogP contribution in [0.25, 0.3) is 0 Å². The number of carbonyl (C=O) groups excluding carboxylic acids is 2.